The van der Waals surface area contributed by atoms with Crippen molar-refractivity contribution in [2.24, 2.45) is 0 Å². The standard InChI is InChI=1S/C8H15Cl/c1-3-4-5-6-7-8(2)9/h3-4,8H,5-7H2,1-2H3/b4-3+. The maximum Gasteiger partial charge on any atom is 0.0307 e. The maximum absolute atomic E-state index is 5.73. The molecule has 0 bridgehead atoms. The predicted molar refractivity (Wildman–Crippen MR) is 44.0 cm³/mol. The summed E-state index contributed by atoms with van der Waals surface area (Å²) in [6.45, 7) is 4.08. The molecule has 0 aliphatic rings. The molecule has 1 unspecified atom stereocenters. The summed E-state index contributed by atoms with van der Waals surface area (Å²) in [5.41, 5.74) is 0. The van der Waals surface area contributed by atoms with Gasteiger partial charge >= 0.3 is 0 Å². The second-order valence-electron chi connectivity index (χ2n) is 2.28. The van der Waals surface area contributed by atoms with Crippen LogP contribution in [0.1, 0.15) is 33.1 Å². The Labute approximate surface area is 62.9 Å². The predicted octanol–water partition coefficient (Wildman–Crippen LogP) is 3.36. The average molecular weight is 147 g/mol. The smallest absolute Gasteiger partial charge is 0.0307 e. The van der Waals surface area contributed by atoms with Gasteiger partial charge in [0.25, 0.3) is 0 Å². The van der Waals surface area contributed by atoms with Crippen molar-refractivity contribution in [2.75, 3.05) is 0 Å². The van der Waals surface area contributed by atoms with E-state index in [-0.39, 0.29) is 0 Å². The molecule has 0 saturated carbocycles. The first-order valence-corrected chi connectivity index (χ1v) is 3.96. The van der Waals surface area contributed by atoms with Crippen LogP contribution in [0, 0.1) is 0 Å². The Morgan fingerprint density at radius 3 is 2.67 bits per heavy atom. The van der Waals surface area contributed by atoms with Crippen molar-refractivity contribution in [3.05, 3.63) is 12.2 Å². The van der Waals surface area contributed by atoms with Crippen molar-refractivity contribution in [3.8, 4) is 0 Å². The van der Waals surface area contributed by atoms with E-state index < -0.39 is 0 Å². The molecule has 1 atom stereocenters. The van der Waals surface area contributed by atoms with Crippen LogP contribution in [0.2, 0.25) is 0 Å². The lowest BCUT2D eigenvalue weighted by atomic mass is 10.2. The SMILES string of the molecule is C/C=C/CCCC(C)Cl. The number of unbranched alkanes of at least 4 members (excludes halogenated alkanes) is 1. The molecule has 0 radical (unpaired) electrons. The molecule has 0 spiro atoms. The third kappa shape index (κ3) is 8.03. The minimum absolute atomic E-state index is 0.343. The van der Waals surface area contributed by atoms with Gasteiger partial charge in [-0.25, -0.2) is 0 Å². The van der Waals surface area contributed by atoms with Crippen molar-refractivity contribution in [1.29, 1.82) is 0 Å². The molecule has 0 aliphatic heterocycles. The minimum Gasteiger partial charge on any atom is -0.123 e. The van der Waals surface area contributed by atoms with Gasteiger partial charge in [0.1, 0.15) is 0 Å². The molecule has 0 aromatic heterocycles. The van der Waals surface area contributed by atoms with Gasteiger partial charge in [-0.3, -0.25) is 0 Å². The van der Waals surface area contributed by atoms with Crippen LogP contribution in [0.15, 0.2) is 12.2 Å². The van der Waals surface area contributed by atoms with E-state index in [2.05, 4.69) is 12.2 Å². The average Bonchev–Trinajstić information content (AvgIpc) is 1.80. The zero-order valence-corrected chi connectivity index (χ0v) is 6.99. The first-order valence-electron chi connectivity index (χ1n) is 3.52. The lowest BCUT2D eigenvalue weighted by molar-refractivity contribution is 0.735. The largest absolute Gasteiger partial charge is 0.123 e. The Morgan fingerprint density at radius 1 is 1.56 bits per heavy atom. The normalized spacial score (nSPS) is 14.6. The summed E-state index contributed by atoms with van der Waals surface area (Å²) < 4.78 is 0. The lowest BCUT2D eigenvalue weighted by Gasteiger charge is -1.97. The Kier molecular flexibility index (Phi) is 6.18. The van der Waals surface area contributed by atoms with Crippen molar-refractivity contribution in [1.82, 2.24) is 0 Å². The van der Waals surface area contributed by atoms with Crippen LogP contribution in [0.25, 0.3) is 0 Å². The maximum atomic E-state index is 5.73. The number of hydrogen-bond acceptors (Lipinski definition) is 0. The number of allylic oxidation sites excluding steroid dienone is 2. The van der Waals surface area contributed by atoms with Gasteiger partial charge in [-0.2, -0.15) is 0 Å². The number of hydrogen-bond donors (Lipinski definition) is 0. The van der Waals surface area contributed by atoms with E-state index in [1.807, 2.05) is 13.8 Å². The summed E-state index contributed by atoms with van der Waals surface area (Å²) in [4.78, 5) is 0. The molecule has 0 saturated heterocycles. The second kappa shape index (κ2) is 6.15. The van der Waals surface area contributed by atoms with Crippen LogP contribution in [-0.2, 0) is 0 Å². The zero-order valence-electron chi connectivity index (χ0n) is 6.23. The van der Waals surface area contributed by atoms with Crippen molar-refractivity contribution in [2.45, 2.75) is 38.5 Å². The van der Waals surface area contributed by atoms with Crippen LogP contribution < -0.4 is 0 Å². The molecule has 0 aromatic rings. The molecular formula is C8H15Cl. The third-order valence-electron chi connectivity index (χ3n) is 1.21. The van der Waals surface area contributed by atoms with Gasteiger partial charge in [0.15, 0.2) is 0 Å². The second-order valence-corrected chi connectivity index (χ2v) is 3.03. The van der Waals surface area contributed by atoms with Crippen LogP contribution in [0.5, 0.6) is 0 Å². The Balaban J connectivity index is 2.91. The summed E-state index contributed by atoms with van der Waals surface area (Å²) in [7, 11) is 0. The molecule has 1 heteroatoms. The van der Waals surface area contributed by atoms with Gasteiger partial charge in [0, 0.05) is 5.38 Å². The summed E-state index contributed by atoms with van der Waals surface area (Å²) in [5.74, 6) is 0. The Bertz CT molecular complexity index is 74.6. The highest BCUT2D eigenvalue weighted by atomic mass is 35.5. The fraction of sp³-hybridized carbons (Fsp3) is 0.750. The molecule has 54 valence electrons. The highest BCUT2D eigenvalue weighted by Gasteiger charge is 1.92. The van der Waals surface area contributed by atoms with Crippen molar-refractivity contribution >= 4 is 11.6 Å². The van der Waals surface area contributed by atoms with Gasteiger partial charge in [-0.1, -0.05) is 12.2 Å². The first kappa shape index (κ1) is 9.03. The fourth-order valence-corrected chi connectivity index (χ4v) is 0.838. The van der Waals surface area contributed by atoms with Gasteiger partial charge in [-0.05, 0) is 33.1 Å². The van der Waals surface area contributed by atoms with E-state index >= 15 is 0 Å². The number of alkyl halides is 1. The van der Waals surface area contributed by atoms with Crippen LogP contribution in [0.3, 0.4) is 0 Å². The molecule has 0 nitrogen and oxygen atoms in total. The van der Waals surface area contributed by atoms with E-state index in [1.54, 1.807) is 0 Å². The van der Waals surface area contributed by atoms with Gasteiger partial charge < -0.3 is 0 Å². The molecule has 0 rings (SSSR count). The third-order valence-corrected chi connectivity index (χ3v) is 1.43. The van der Waals surface area contributed by atoms with E-state index in [0.717, 1.165) is 6.42 Å². The van der Waals surface area contributed by atoms with Crippen molar-refractivity contribution in [3.63, 3.8) is 0 Å². The van der Waals surface area contributed by atoms with Crippen LogP contribution in [-0.4, -0.2) is 5.38 Å². The molecule has 0 N–H and O–H groups in total. The highest BCUT2D eigenvalue weighted by molar-refractivity contribution is 6.20. The van der Waals surface area contributed by atoms with Crippen LogP contribution >= 0.6 is 11.6 Å². The molecule has 0 fully saturated rings. The quantitative estimate of drug-likeness (QED) is 0.324. The lowest BCUT2D eigenvalue weighted by Crippen LogP contribution is -1.88. The summed E-state index contributed by atoms with van der Waals surface area (Å²) in [5, 5.41) is 0.343. The van der Waals surface area contributed by atoms with E-state index in [4.69, 9.17) is 11.6 Å². The Hall–Kier alpha value is 0.0300. The van der Waals surface area contributed by atoms with Gasteiger partial charge in [-0.15, -0.1) is 11.6 Å². The summed E-state index contributed by atoms with van der Waals surface area (Å²) >= 11 is 5.73. The minimum atomic E-state index is 0.343. The summed E-state index contributed by atoms with van der Waals surface area (Å²) in [6, 6.07) is 0. The van der Waals surface area contributed by atoms with E-state index in [1.165, 1.54) is 12.8 Å². The molecule has 0 aromatic carbocycles. The Morgan fingerprint density at radius 2 is 2.22 bits per heavy atom. The number of halogens is 1. The molecule has 9 heavy (non-hydrogen) atoms. The van der Waals surface area contributed by atoms with E-state index in [0.29, 0.717) is 5.38 Å². The van der Waals surface area contributed by atoms with E-state index in [9.17, 15) is 0 Å². The van der Waals surface area contributed by atoms with Crippen molar-refractivity contribution < 1.29 is 0 Å². The van der Waals surface area contributed by atoms with Crippen LogP contribution in [0.4, 0.5) is 0 Å². The fourth-order valence-electron chi connectivity index (χ4n) is 0.684. The molecule has 0 aliphatic carbocycles. The zero-order chi connectivity index (χ0) is 7.11. The topological polar surface area (TPSA) is 0 Å². The monoisotopic (exact) mass is 146 g/mol. The van der Waals surface area contributed by atoms with Gasteiger partial charge in [0.2, 0.25) is 0 Å². The number of rotatable bonds is 4. The summed E-state index contributed by atoms with van der Waals surface area (Å²) in [6.07, 6.45) is 7.78. The van der Waals surface area contributed by atoms with Gasteiger partial charge in [0.05, 0.1) is 0 Å². The molecular weight excluding hydrogens is 132 g/mol. The highest BCUT2D eigenvalue weighted by Crippen LogP contribution is 2.05. The molecule has 0 amide bonds. The first-order chi connectivity index (χ1) is 4.27. The molecule has 0 heterocycles.